The van der Waals surface area contributed by atoms with Gasteiger partial charge in [0.2, 0.25) is 0 Å². The predicted octanol–water partition coefficient (Wildman–Crippen LogP) is 1.93. The number of aromatic nitrogens is 1. The Hall–Kier alpha value is -1.22. The van der Waals surface area contributed by atoms with Crippen LogP contribution in [0.4, 0.5) is 0 Å². The minimum absolute atomic E-state index is 0.00194. The molecule has 1 heterocycles. The van der Waals surface area contributed by atoms with Crippen LogP contribution in [0.5, 0.6) is 0 Å². The molecule has 0 unspecified atom stereocenters. The number of rotatable bonds is 6. The lowest BCUT2D eigenvalue weighted by atomic mass is 9.88. The van der Waals surface area contributed by atoms with Crippen LogP contribution in [0.2, 0.25) is 0 Å². The first kappa shape index (κ1) is 12.8. The summed E-state index contributed by atoms with van der Waals surface area (Å²) in [5.74, 6) is 0.225. The fourth-order valence-electron chi connectivity index (χ4n) is 1.52. The molecular formula is C13H20N2O. The van der Waals surface area contributed by atoms with E-state index in [0.717, 1.165) is 18.8 Å². The number of hydrogen-bond donors (Lipinski definition) is 1. The Kier molecular flexibility index (Phi) is 4.62. The quantitative estimate of drug-likeness (QED) is 0.745. The smallest absolute Gasteiger partial charge is 0.131 e. The maximum Gasteiger partial charge on any atom is 0.131 e. The molecule has 88 valence electrons. The van der Waals surface area contributed by atoms with Crippen LogP contribution >= 0.6 is 0 Å². The summed E-state index contributed by atoms with van der Waals surface area (Å²) in [5, 5.41) is 3.29. The molecule has 0 aliphatic heterocycles. The molecule has 0 aliphatic carbocycles. The number of pyridine rings is 1. The second kappa shape index (κ2) is 5.75. The van der Waals surface area contributed by atoms with Crippen LogP contribution < -0.4 is 5.32 Å². The molecule has 3 nitrogen and oxygen atoms in total. The second-order valence-corrected chi connectivity index (χ2v) is 4.73. The molecule has 1 N–H and O–H groups in total. The lowest BCUT2D eigenvalue weighted by Gasteiger charge is -2.24. The zero-order valence-electron chi connectivity index (χ0n) is 10.3. The first-order chi connectivity index (χ1) is 7.52. The third-order valence-electron chi connectivity index (χ3n) is 2.58. The van der Waals surface area contributed by atoms with E-state index in [-0.39, 0.29) is 11.2 Å². The number of nitrogens with one attached hydrogen (secondary N) is 1. The molecule has 0 atom stereocenters. The van der Waals surface area contributed by atoms with E-state index in [9.17, 15) is 4.79 Å². The van der Waals surface area contributed by atoms with Gasteiger partial charge >= 0.3 is 0 Å². The van der Waals surface area contributed by atoms with Gasteiger partial charge < -0.3 is 5.32 Å². The van der Waals surface area contributed by atoms with Gasteiger partial charge in [-0.1, -0.05) is 19.9 Å². The van der Waals surface area contributed by atoms with Crippen LogP contribution in [0.15, 0.2) is 24.4 Å². The molecule has 1 aromatic rings. The van der Waals surface area contributed by atoms with Gasteiger partial charge in [0.1, 0.15) is 5.78 Å². The van der Waals surface area contributed by atoms with Crippen molar-refractivity contribution in [1.29, 1.82) is 0 Å². The van der Waals surface area contributed by atoms with Gasteiger partial charge in [-0.15, -0.1) is 0 Å². The standard InChI is InChI=1S/C13H20N2O/c1-11(16)7-9-14-10-13(2,3)12-6-4-5-8-15-12/h4-6,8,14H,7,9-10H2,1-3H3. The van der Waals surface area contributed by atoms with E-state index in [1.54, 1.807) is 6.92 Å². The van der Waals surface area contributed by atoms with Crippen molar-refractivity contribution in [3.8, 4) is 0 Å². The Morgan fingerprint density at radius 1 is 1.44 bits per heavy atom. The van der Waals surface area contributed by atoms with Gasteiger partial charge in [-0.25, -0.2) is 0 Å². The Morgan fingerprint density at radius 3 is 2.75 bits per heavy atom. The Morgan fingerprint density at radius 2 is 2.19 bits per heavy atom. The molecule has 0 spiro atoms. The van der Waals surface area contributed by atoms with Crippen LogP contribution in [0.1, 0.15) is 32.9 Å². The molecule has 0 aliphatic rings. The van der Waals surface area contributed by atoms with Crippen LogP contribution in [0.3, 0.4) is 0 Å². The van der Waals surface area contributed by atoms with Gasteiger partial charge in [0, 0.05) is 36.8 Å². The van der Waals surface area contributed by atoms with Gasteiger partial charge in [0.25, 0.3) is 0 Å². The molecule has 0 saturated heterocycles. The van der Waals surface area contributed by atoms with Crippen molar-refractivity contribution in [3.05, 3.63) is 30.1 Å². The van der Waals surface area contributed by atoms with Crippen LogP contribution in [-0.2, 0) is 10.2 Å². The summed E-state index contributed by atoms with van der Waals surface area (Å²) in [6.45, 7) is 7.49. The normalized spacial score (nSPS) is 11.4. The maximum atomic E-state index is 10.8. The highest BCUT2D eigenvalue weighted by atomic mass is 16.1. The molecular weight excluding hydrogens is 200 g/mol. The SMILES string of the molecule is CC(=O)CCNCC(C)(C)c1ccccn1. The van der Waals surface area contributed by atoms with Crippen molar-refractivity contribution >= 4 is 5.78 Å². The molecule has 0 amide bonds. The zero-order chi connectivity index (χ0) is 12.0. The number of ketones is 1. The van der Waals surface area contributed by atoms with Gasteiger partial charge in [-0.05, 0) is 19.1 Å². The monoisotopic (exact) mass is 220 g/mol. The Bertz CT molecular complexity index is 333. The van der Waals surface area contributed by atoms with Crippen LogP contribution in [0.25, 0.3) is 0 Å². The lowest BCUT2D eigenvalue weighted by molar-refractivity contribution is -0.116. The van der Waals surface area contributed by atoms with Crippen LogP contribution in [0, 0.1) is 0 Å². The first-order valence-corrected chi connectivity index (χ1v) is 5.64. The summed E-state index contributed by atoms with van der Waals surface area (Å²) < 4.78 is 0. The van der Waals surface area contributed by atoms with Crippen molar-refractivity contribution in [1.82, 2.24) is 10.3 Å². The van der Waals surface area contributed by atoms with E-state index >= 15 is 0 Å². The molecule has 1 aromatic heterocycles. The van der Waals surface area contributed by atoms with Crippen molar-refractivity contribution in [2.75, 3.05) is 13.1 Å². The third kappa shape index (κ3) is 4.11. The number of Topliss-reactive ketones (excluding diaryl/α,β-unsaturated/α-hetero) is 1. The predicted molar refractivity (Wildman–Crippen MR) is 65.4 cm³/mol. The summed E-state index contributed by atoms with van der Waals surface area (Å²) in [6, 6.07) is 5.95. The Balaban J connectivity index is 2.43. The van der Waals surface area contributed by atoms with Crippen molar-refractivity contribution in [2.45, 2.75) is 32.6 Å². The van der Waals surface area contributed by atoms with Gasteiger partial charge in [-0.3, -0.25) is 9.78 Å². The highest BCUT2D eigenvalue weighted by Gasteiger charge is 2.20. The van der Waals surface area contributed by atoms with Gasteiger partial charge in [-0.2, -0.15) is 0 Å². The molecule has 0 bridgehead atoms. The molecule has 3 heteroatoms. The summed E-state index contributed by atoms with van der Waals surface area (Å²) in [4.78, 5) is 15.1. The largest absolute Gasteiger partial charge is 0.315 e. The average molecular weight is 220 g/mol. The summed E-state index contributed by atoms with van der Waals surface area (Å²) in [6.07, 6.45) is 2.41. The molecule has 0 saturated carbocycles. The summed E-state index contributed by atoms with van der Waals surface area (Å²) in [5.41, 5.74) is 1.07. The summed E-state index contributed by atoms with van der Waals surface area (Å²) >= 11 is 0. The van der Waals surface area contributed by atoms with E-state index in [1.165, 1.54) is 0 Å². The number of carbonyl (C=O) groups excluding carboxylic acids is 1. The topological polar surface area (TPSA) is 42.0 Å². The van der Waals surface area contributed by atoms with Crippen molar-refractivity contribution < 1.29 is 4.79 Å². The van der Waals surface area contributed by atoms with Gasteiger partial charge in [0.15, 0.2) is 0 Å². The molecule has 0 fully saturated rings. The van der Waals surface area contributed by atoms with E-state index < -0.39 is 0 Å². The number of hydrogen-bond acceptors (Lipinski definition) is 3. The van der Waals surface area contributed by atoms with Crippen molar-refractivity contribution in [3.63, 3.8) is 0 Å². The van der Waals surface area contributed by atoms with E-state index in [2.05, 4.69) is 24.1 Å². The van der Waals surface area contributed by atoms with E-state index in [4.69, 9.17) is 0 Å². The van der Waals surface area contributed by atoms with Crippen LogP contribution in [-0.4, -0.2) is 23.9 Å². The highest BCUT2D eigenvalue weighted by Crippen LogP contribution is 2.19. The third-order valence-corrected chi connectivity index (χ3v) is 2.58. The highest BCUT2D eigenvalue weighted by molar-refractivity contribution is 5.75. The number of nitrogens with zero attached hydrogens (tertiary/aromatic N) is 1. The summed E-state index contributed by atoms with van der Waals surface area (Å²) in [7, 11) is 0. The minimum atomic E-state index is -0.00194. The van der Waals surface area contributed by atoms with E-state index in [0.29, 0.717) is 6.42 Å². The maximum absolute atomic E-state index is 10.8. The second-order valence-electron chi connectivity index (χ2n) is 4.73. The minimum Gasteiger partial charge on any atom is -0.315 e. The fourth-order valence-corrected chi connectivity index (χ4v) is 1.52. The van der Waals surface area contributed by atoms with Gasteiger partial charge in [0.05, 0.1) is 0 Å². The molecule has 0 radical (unpaired) electrons. The fraction of sp³-hybridized carbons (Fsp3) is 0.538. The zero-order valence-corrected chi connectivity index (χ0v) is 10.3. The van der Waals surface area contributed by atoms with Crippen molar-refractivity contribution in [2.24, 2.45) is 0 Å². The lowest BCUT2D eigenvalue weighted by Crippen LogP contribution is -2.34. The molecule has 16 heavy (non-hydrogen) atoms. The first-order valence-electron chi connectivity index (χ1n) is 5.64. The average Bonchev–Trinajstić information content (AvgIpc) is 2.26. The van der Waals surface area contributed by atoms with E-state index in [1.807, 2.05) is 24.4 Å². The molecule has 1 rings (SSSR count). The number of carbonyl (C=O) groups is 1. The Labute approximate surface area is 97.3 Å². The molecule has 0 aromatic carbocycles.